The van der Waals surface area contributed by atoms with Gasteiger partial charge in [0.25, 0.3) is 0 Å². The highest BCUT2D eigenvalue weighted by atomic mass is 79.9. The van der Waals surface area contributed by atoms with Crippen LogP contribution in [-0.4, -0.2) is 34.9 Å². The molecule has 1 heterocycles. The van der Waals surface area contributed by atoms with E-state index in [2.05, 4.69) is 15.9 Å². The number of anilines is 1. The molecule has 18 heavy (non-hydrogen) atoms. The molecule has 1 aliphatic heterocycles. The van der Waals surface area contributed by atoms with Crippen LogP contribution in [0.25, 0.3) is 0 Å². The first-order valence-electron chi connectivity index (χ1n) is 4.79. The molecule has 1 aromatic carbocycles. The Kier molecular flexibility index (Phi) is 3.36. The standard InChI is InChI=1S/C10H7BrClNO5/c11-5-1-4(12)2-6-8(5)18-7(9(14)15)3-13(6)10(16)17/h1-2,7H,3H2,(H,14,15)(H,16,17). The minimum Gasteiger partial charge on any atom is -0.478 e. The molecule has 8 heteroatoms. The van der Waals surface area contributed by atoms with Crippen molar-refractivity contribution in [1.82, 2.24) is 0 Å². The molecule has 0 bridgehead atoms. The highest BCUT2D eigenvalue weighted by molar-refractivity contribution is 9.10. The van der Waals surface area contributed by atoms with E-state index in [0.29, 0.717) is 9.50 Å². The maximum Gasteiger partial charge on any atom is 0.412 e. The van der Waals surface area contributed by atoms with Crippen molar-refractivity contribution < 1.29 is 24.5 Å². The normalized spacial score (nSPS) is 17.9. The second-order valence-electron chi connectivity index (χ2n) is 3.57. The highest BCUT2D eigenvalue weighted by Crippen LogP contribution is 2.42. The number of nitrogens with zero attached hydrogens (tertiary/aromatic N) is 1. The average Bonchev–Trinajstić information content (AvgIpc) is 2.27. The van der Waals surface area contributed by atoms with Gasteiger partial charge in [-0.2, -0.15) is 0 Å². The summed E-state index contributed by atoms with van der Waals surface area (Å²) in [4.78, 5) is 22.9. The van der Waals surface area contributed by atoms with Gasteiger partial charge >= 0.3 is 12.1 Å². The smallest absolute Gasteiger partial charge is 0.412 e. The van der Waals surface area contributed by atoms with Crippen LogP contribution in [0, 0.1) is 0 Å². The number of carbonyl (C=O) groups is 2. The molecule has 2 rings (SSSR count). The van der Waals surface area contributed by atoms with Crippen molar-refractivity contribution in [2.24, 2.45) is 0 Å². The van der Waals surface area contributed by atoms with Crippen LogP contribution in [-0.2, 0) is 4.79 Å². The van der Waals surface area contributed by atoms with Crippen molar-refractivity contribution >= 4 is 45.3 Å². The summed E-state index contributed by atoms with van der Waals surface area (Å²) in [6.07, 6.45) is -2.51. The van der Waals surface area contributed by atoms with Gasteiger partial charge in [-0.15, -0.1) is 0 Å². The fourth-order valence-electron chi connectivity index (χ4n) is 1.62. The molecule has 0 spiro atoms. The van der Waals surface area contributed by atoms with Crippen molar-refractivity contribution in [2.45, 2.75) is 6.10 Å². The Morgan fingerprint density at radius 2 is 2.11 bits per heavy atom. The van der Waals surface area contributed by atoms with Crippen LogP contribution in [0.5, 0.6) is 5.75 Å². The monoisotopic (exact) mass is 335 g/mol. The van der Waals surface area contributed by atoms with Crippen LogP contribution in [0.3, 0.4) is 0 Å². The number of benzene rings is 1. The number of rotatable bonds is 1. The number of hydrogen-bond donors (Lipinski definition) is 2. The average molecular weight is 337 g/mol. The Morgan fingerprint density at radius 1 is 1.44 bits per heavy atom. The highest BCUT2D eigenvalue weighted by Gasteiger charge is 2.35. The summed E-state index contributed by atoms with van der Waals surface area (Å²) in [7, 11) is 0. The second-order valence-corrected chi connectivity index (χ2v) is 4.86. The predicted octanol–water partition coefficient (Wildman–Crippen LogP) is 2.43. The molecule has 1 aliphatic rings. The van der Waals surface area contributed by atoms with Crippen molar-refractivity contribution in [3.05, 3.63) is 21.6 Å². The third-order valence-electron chi connectivity index (χ3n) is 2.39. The van der Waals surface area contributed by atoms with Gasteiger partial charge in [-0.25, -0.2) is 9.59 Å². The van der Waals surface area contributed by atoms with Crippen LogP contribution >= 0.6 is 27.5 Å². The summed E-state index contributed by atoms with van der Waals surface area (Å²) in [5, 5.41) is 18.3. The minimum atomic E-state index is -1.26. The largest absolute Gasteiger partial charge is 0.478 e. The van der Waals surface area contributed by atoms with Crippen molar-refractivity contribution in [2.75, 3.05) is 11.4 Å². The van der Waals surface area contributed by atoms with E-state index in [1.54, 1.807) is 0 Å². The maximum absolute atomic E-state index is 11.1. The van der Waals surface area contributed by atoms with Gasteiger partial charge in [0.15, 0.2) is 5.75 Å². The number of fused-ring (bicyclic) bond motifs is 1. The zero-order valence-corrected chi connectivity index (χ0v) is 11.1. The van der Waals surface area contributed by atoms with Crippen LogP contribution < -0.4 is 9.64 Å². The number of hydrogen-bond acceptors (Lipinski definition) is 3. The number of aliphatic carboxylic acids is 1. The summed E-state index contributed by atoms with van der Waals surface area (Å²) in [5.74, 6) is -1.07. The molecule has 0 radical (unpaired) electrons. The Balaban J connectivity index is 2.54. The quantitative estimate of drug-likeness (QED) is 0.822. The molecule has 6 nitrogen and oxygen atoms in total. The van der Waals surface area contributed by atoms with E-state index >= 15 is 0 Å². The molecule has 0 aliphatic carbocycles. The van der Waals surface area contributed by atoms with Gasteiger partial charge in [0.2, 0.25) is 6.10 Å². The van der Waals surface area contributed by atoms with E-state index in [9.17, 15) is 9.59 Å². The first kappa shape index (κ1) is 13.0. The van der Waals surface area contributed by atoms with E-state index in [0.717, 1.165) is 4.90 Å². The van der Waals surface area contributed by atoms with Gasteiger partial charge in [0, 0.05) is 5.02 Å². The van der Waals surface area contributed by atoms with Crippen LogP contribution in [0.15, 0.2) is 16.6 Å². The van der Waals surface area contributed by atoms with E-state index in [-0.39, 0.29) is 18.0 Å². The second kappa shape index (κ2) is 4.66. The lowest BCUT2D eigenvalue weighted by Crippen LogP contribution is -2.46. The van der Waals surface area contributed by atoms with Gasteiger partial charge in [-0.3, -0.25) is 4.90 Å². The third-order valence-corrected chi connectivity index (χ3v) is 3.20. The van der Waals surface area contributed by atoms with Gasteiger partial charge < -0.3 is 14.9 Å². The first-order valence-corrected chi connectivity index (χ1v) is 5.96. The summed E-state index contributed by atoms with van der Waals surface area (Å²) in [6.45, 7) is -0.287. The van der Waals surface area contributed by atoms with E-state index in [4.69, 9.17) is 26.6 Å². The minimum absolute atomic E-state index is 0.153. The molecule has 0 fully saturated rings. The lowest BCUT2D eigenvalue weighted by Gasteiger charge is -2.31. The fraction of sp³-hybridized carbons (Fsp3) is 0.200. The first-order chi connectivity index (χ1) is 8.40. The molecular weight excluding hydrogens is 329 g/mol. The molecule has 96 valence electrons. The van der Waals surface area contributed by atoms with E-state index in [1.165, 1.54) is 12.1 Å². The van der Waals surface area contributed by atoms with E-state index in [1.807, 2.05) is 0 Å². The molecule has 0 saturated carbocycles. The SMILES string of the molecule is O=C(O)C1CN(C(=O)O)c2cc(Cl)cc(Br)c2O1. The molecule has 0 saturated heterocycles. The van der Waals surface area contributed by atoms with E-state index < -0.39 is 18.2 Å². The van der Waals surface area contributed by atoms with Gasteiger partial charge in [-0.05, 0) is 28.1 Å². The fourth-order valence-corrected chi connectivity index (χ4v) is 2.50. The van der Waals surface area contributed by atoms with Gasteiger partial charge in [-0.1, -0.05) is 11.6 Å². The van der Waals surface area contributed by atoms with Crippen molar-refractivity contribution in [3.8, 4) is 5.75 Å². The topological polar surface area (TPSA) is 87.1 Å². The molecule has 1 amide bonds. The summed E-state index contributed by atoms with van der Waals surface area (Å²) in [6, 6.07) is 2.92. The number of amides is 1. The predicted molar refractivity (Wildman–Crippen MR) is 66.6 cm³/mol. The molecule has 1 aromatic rings. The Hall–Kier alpha value is -1.47. The van der Waals surface area contributed by atoms with Crippen molar-refractivity contribution in [3.63, 3.8) is 0 Å². The van der Waals surface area contributed by atoms with Crippen LogP contribution in [0.2, 0.25) is 5.02 Å². The molecule has 1 atom stereocenters. The van der Waals surface area contributed by atoms with Gasteiger partial charge in [0.05, 0.1) is 16.7 Å². The van der Waals surface area contributed by atoms with Crippen LogP contribution in [0.1, 0.15) is 0 Å². The molecule has 2 N–H and O–H groups in total. The lowest BCUT2D eigenvalue weighted by molar-refractivity contribution is -0.144. The maximum atomic E-state index is 11.1. The summed E-state index contributed by atoms with van der Waals surface area (Å²) in [5.41, 5.74) is 0.222. The Bertz CT molecular complexity index is 535. The van der Waals surface area contributed by atoms with Crippen molar-refractivity contribution in [1.29, 1.82) is 0 Å². The molecular formula is C10H7BrClNO5. The zero-order chi connectivity index (χ0) is 13.4. The number of carboxylic acids is 1. The Labute approximate surface area is 115 Å². The number of halogens is 2. The number of carboxylic acid groups (broad SMARTS) is 2. The lowest BCUT2D eigenvalue weighted by atomic mass is 10.2. The summed E-state index contributed by atoms with van der Waals surface area (Å²) >= 11 is 8.99. The molecule has 1 unspecified atom stereocenters. The third kappa shape index (κ3) is 2.23. The van der Waals surface area contributed by atoms with Crippen LogP contribution in [0.4, 0.5) is 10.5 Å². The zero-order valence-electron chi connectivity index (χ0n) is 8.76. The Morgan fingerprint density at radius 3 is 2.67 bits per heavy atom. The number of ether oxygens (including phenoxy) is 1. The summed E-state index contributed by atoms with van der Waals surface area (Å²) < 4.78 is 5.65. The molecule has 0 aromatic heterocycles. The van der Waals surface area contributed by atoms with Gasteiger partial charge in [0.1, 0.15) is 0 Å².